The van der Waals surface area contributed by atoms with Crippen LogP contribution in [0, 0.1) is 0 Å². The summed E-state index contributed by atoms with van der Waals surface area (Å²) < 4.78 is 46.5. The minimum atomic E-state index is -4.94. The molecule has 0 fully saturated rings. The van der Waals surface area contributed by atoms with Crippen LogP contribution in [0.5, 0.6) is 5.75 Å². The van der Waals surface area contributed by atoms with Crippen molar-refractivity contribution in [2.45, 2.75) is 6.36 Å². The Kier molecular flexibility index (Phi) is 3.91. The summed E-state index contributed by atoms with van der Waals surface area (Å²) in [6.07, 6.45) is -2.49. The lowest BCUT2D eigenvalue weighted by Crippen LogP contribution is -2.20. The van der Waals surface area contributed by atoms with E-state index >= 15 is 0 Å². The molecule has 2 heterocycles. The summed E-state index contributed by atoms with van der Waals surface area (Å²) in [7, 11) is 1.07. The summed E-state index contributed by atoms with van der Waals surface area (Å²) in [4.78, 5) is 18.6. The fourth-order valence-corrected chi connectivity index (χ4v) is 1.34. The Morgan fingerprint density at radius 3 is 2.76 bits per heavy atom. The molecule has 0 saturated carbocycles. The number of anilines is 1. The molecular formula is C10H8F3N5O3. The minimum absolute atomic E-state index is 0.0298. The normalized spacial score (nSPS) is 11.0. The number of carbonyl (C=O) groups is 1. The molecule has 0 unspecified atom stereocenters. The molecule has 8 nitrogen and oxygen atoms in total. The van der Waals surface area contributed by atoms with Gasteiger partial charge < -0.3 is 9.47 Å². The number of nitrogens with one attached hydrogen (secondary N) is 1. The van der Waals surface area contributed by atoms with E-state index in [1.54, 1.807) is 0 Å². The largest absolute Gasteiger partial charge is 0.573 e. The predicted octanol–water partition coefficient (Wildman–Crippen LogP) is 1.74. The van der Waals surface area contributed by atoms with E-state index in [1.807, 2.05) is 0 Å². The van der Waals surface area contributed by atoms with E-state index in [1.165, 1.54) is 12.7 Å². The number of aromatic nitrogens is 4. The number of halogens is 3. The van der Waals surface area contributed by atoms with Crippen LogP contribution in [0.2, 0.25) is 0 Å². The number of pyridine rings is 1. The molecular weight excluding hydrogens is 295 g/mol. The van der Waals surface area contributed by atoms with Gasteiger partial charge in [0.25, 0.3) is 0 Å². The Hall–Kier alpha value is -2.85. The summed E-state index contributed by atoms with van der Waals surface area (Å²) in [6, 6.07) is 0.952. The lowest BCUT2D eigenvalue weighted by atomic mass is 10.3. The Morgan fingerprint density at radius 2 is 2.19 bits per heavy atom. The molecule has 2 rings (SSSR count). The zero-order valence-electron chi connectivity index (χ0n) is 10.5. The van der Waals surface area contributed by atoms with Crippen molar-refractivity contribution in [1.82, 2.24) is 19.7 Å². The summed E-state index contributed by atoms with van der Waals surface area (Å²) in [5.74, 6) is -0.629. The predicted molar refractivity (Wildman–Crippen MR) is 61.9 cm³/mol. The Balaban J connectivity index is 2.38. The highest BCUT2D eigenvalue weighted by molar-refractivity contribution is 5.86. The van der Waals surface area contributed by atoms with Crippen molar-refractivity contribution in [2.24, 2.45) is 0 Å². The Bertz CT molecular complexity index is 629. The molecule has 0 saturated heterocycles. The molecule has 0 aliphatic carbocycles. The number of hydrogen-bond acceptors (Lipinski definition) is 6. The van der Waals surface area contributed by atoms with Crippen LogP contribution in [-0.4, -0.2) is 39.3 Å². The third kappa shape index (κ3) is 3.81. The molecule has 0 aliphatic rings. The number of carbonyl (C=O) groups excluding carboxylic acids is 1. The average Bonchev–Trinajstić information content (AvgIpc) is 2.92. The lowest BCUT2D eigenvalue weighted by molar-refractivity contribution is -0.274. The summed E-state index contributed by atoms with van der Waals surface area (Å²) >= 11 is 0. The molecule has 0 atom stereocenters. The number of nitrogens with zero attached hydrogens (tertiary/aromatic N) is 4. The van der Waals surface area contributed by atoms with Crippen LogP contribution in [0.15, 0.2) is 24.9 Å². The maximum Gasteiger partial charge on any atom is 0.573 e. The topological polar surface area (TPSA) is 91.2 Å². The number of rotatable bonds is 3. The Morgan fingerprint density at radius 1 is 1.43 bits per heavy atom. The van der Waals surface area contributed by atoms with E-state index in [0.29, 0.717) is 0 Å². The number of alkyl halides is 3. The Labute approximate surface area is 115 Å². The average molecular weight is 303 g/mol. The molecule has 0 aromatic carbocycles. The standard InChI is InChI=1S/C10H8F3N5O3/c1-20-9(19)17-6-3-15-8(18-5-14-4-16-18)2-7(6)21-10(11,12)13/h2-5H,1H3,(H,17,19). The lowest BCUT2D eigenvalue weighted by Gasteiger charge is -2.14. The second kappa shape index (κ2) is 5.64. The van der Waals surface area contributed by atoms with Gasteiger partial charge in [-0.1, -0.05) is 0 Å². The maximum absolute atomic E-state index is 12.4. The van der Waals surface area contributed by atoms with Gasteiger partial charge in [-0.05, 0) is 0 Å². The van der Waals surface area contributed by atoms with E-state index in [9.17, 15) is 18.0 Å². The summed E-state index contributed by atoms with van der Waals surface area (Å²) in [6.45, 7) is 0. The molecule has 2 aromatic heterocycles. The summed E-state index contributed by atoms with van der Waals surface area (Å²) in [5, 5.41) is 5.79. The molecule has 0 bridgehead atoms. The first-order chi connectivity index (χ1) is 9.89. The van der Waals surface area contributed by atoms with Crippen LogP contribution in [0.25, 0.3) is 5.82 Å². The van der Waals surface area contributed by atoms with Crippen molar-refractivity contribution in [3.63, 3.8) is 0 Å². The monoisotopic (exact) mass is 303 g/mol. The van der Waals surface area contributed by atoms with E-state index in [2.05, 4.69) is 29.9 Å². The van der Waals surface area contributed by atoms with Gasteiger partial charge in [-0.2, -0.15) is 5.10 Å². The van der Waals surface area contributed by atoms with Crippen LogP contribution >= 0.6 is 0 Å². The van der Waals surface area contributed by atoms with Crippen molar-refractivity contribution in [1.29, 1.82) is 0 Å². The smallest absolute Gasteiger partial charge is 0.453 e. The van der Waals surface area contributed by atoms with Crippen molar-refractivity contribution < 1.29 is 27.4 Å². The van der Waals surface area contributed by atoms with Gasteiger partial charge in [0, 0.05) is 6.07 Å². The number of amides is 1. The van der Waals surface area contributed by atoms with E-state index < -0.39 is 18.2 Å². The van der Waals surface area contributed by atoms with E-state index in [4.69, 9.17) is 0 Å². The molecule has 0 spiro atoms. The van der Waals surface area contributed by atoms with Gasteiger partial charge in [0.05, 0.1) is 13.3 Å². The van der Waals surface area contributed by atoms with E-state index in [-0.39, 0.29) is 11.5 Å². The van der Waals surface area contributed by atoms with Crippen LogP contribution < -0.4 is 10.1 Å². The highest BCUT2D eigenvalue weighted by Crippen LogP contribution is 2.31. The third-order valence-electron chi connectivity index (χ3n) is 2.15. The van der Waals surface area contributed by atoms with Crippen LogP contribution in [0.3, 0.4) is 0 Å². The number of ether oxygens (including phenoxy) is 2. The molecule has 11 heteroatoms. The molecule has 1 amide bonds. The third-order valence-corrected chi connectivity index (χ3v) is 2.15. The molecule has 112 valence electrons. The van der Waals surface area contributed by atoms with Gasteiger partial charge in [0.2, 0.25) is 0 Å². The van der Waals surface area contributed by atoms with Gasteiger partial charge >= 0.3 is 12.5 Å². The van der Waals surface area contributed by atoms with Gasteiger partial charge in [-0.25, -0.2) is 19.4 Å². The van der Waals surface area contributed by atoms with Crippen molar-refractivity contribution in [2.75, 3.05) is 12.4 Å². The van der Waals surface area contributed by atoms with Crippen molar-refractivity contribution in [3.8, 4) is 11.6 Å². The minimum Gasteiger partial charge on any atom is -0.453 e. The zero-order valence-corrected chi connectivity index (χ0v) is 10.5. The first kappa shape index (κ1) is 14.6. The first-order valence-electron chi connectivity index (χ1n) is 5.35. The van der Waals surface area contributed by atoms with Gasteiger partial charge in [0.15, 0.2) is 11.6 Å². The van der Waals surface area contributed by atoms with Gasteiger partial charge in [-0.15, -0.1) is 13.2 Å². The zero-order chi connectivity index (χ0) is 15.5. The number of methoxy groups -OCH3 is 1. The first-order valence-corrected chi connectivity index (χ1v) is 5.35. The number of hydrogen-bond donors (Lipinski definition) is 1. The van der Waals surface area contributed by atoms with Crippen LogP contribution in [0.1, 0.15) is 0 Å². The molecule has 2 aromatic rings. The van der Waals surface area contributed by atoms with E-state index in [0.717, 1.165) is 24.1 Å². The molecule has 0 aliphatic heterocycles. The maximum atomic E-state index is 12.4. The molecule has 1 N–H and O–H groups in total. The SMILES string of the molecule is COC(=O)Nc1cnc(-n2cncn2)cc1OC(F)(F)F. The van der Waals surface area contributed by atoms with Crippen molar-refractivity contribution in [3.05, 3.63) is 24.9 Å². The highest BCUT2D eigenvalue weighted by atomic mass is 19.4. The highest BCUT2D eigenvalue weighted by Gasteiger charge is 2.33. The van der Waals surface area contributed by atoms with Gasteiger partial charge in [0.1, 0.15) is 18.3 Å². The molecule has 0 radical (unpaired) electrons. The van der Waals surface area contributed by atoms with Crippen LogP contribution in [0.4, 0.5) is 23.7 Å². The fraction of sp³-hybridized carbons (Fsp3) is 0.200. The van der Waals surface area contributed by atoms with Crippen LogP contribution in [-0.2, 0) is 4.74 Å². The quantitative estimate of drug-likeness (QED) is 0.928. The second-order valence-electron chi connectivity index (χ2n) is 3.54. The van der Waals surface area contributed by atoms with Gasteiger partial charge in [-0.3, -0.25) is 5.32 Å². The molecule has 21 heavy (non-hydrogen) atoms. The fourth-order valence-electron chi connectivity index (χ4n) is 1.34. The second-order valence-corrected chi connectivity index (χ2v) is 3.54. The van der Waals surface area contributed by atoms with Crippen molar-refractivity contribution >= 4 is 11.8 Å². The summed E-state index contributed by atoms with van der Waals surface area (Å²) in [5.41, 5.74) is -0.303.